The minimum Gasteiger partial charge on any atom is -0.393 e. The average molecular weight is 522 g/mol. The van der Waals surface area contributed by atoms with Gasteiger partial charge in [0.25, 0.3) is 0 Å². The predicted octanol–water partition coefficient (Wildman–Crippen LogP) is 4.85. The predicted molar refractivity (Wildman–Crippen MR) is 124 cm³/mol. The molecule has 6 atom stereocenters. The Kier molecular flexibility index (Phi) is 8.72. The third-order valence-electron chi connectivity index (χ3n) is 8.27. The summed E-state index contributed by atoms with van der Waals surface area (Å²) in [6.45, 7) is 5.55. The Bertz CT molecular complexity index is 899. The van der Waals surface area contributed by atoms with Gasteiger partial charge in [-0.2, -0.15) is 22.0 Å². The number of carbonyl (C=O) groups is 1. The number of carbonyl (C=O) groups excluding carboxylic acids is 1. The monoisotopic (exact) mass is 521 g/mol. The van der Waals surface area contributed by atoms with Crippen molar-refractivity contribution in [3.05, 3.63) is 35.5 Å². The van der Waals surface area contributed by atoms with Crippen LogP contribution in [0.1, 0.15) is 58.8 Å². The number of allylic oxidation sites excluding steroid dienone is 3. The number of halogens is 5. The van der Waals surface area contributed by atoms with Gasteiger partial charge in [0.05, 0.1) is 24.9 Å². The molecule has 3 aliphatic rings. The molecule has 10 heteroatoms. The van der Waals surface area contributed by atoms with Gasteiger partial charge < -0.3 is 20.3 Å². The summed E-state index contributed by atoms with van der Waals surface area (Å²) in [7, 11) is 0. The van der Waals surface area contributed by atoms with E-state index in [4.69, 9.17) is 4.74 Å². The number of rotatable bonds is 7. The molecule has 0 heterocycles. The van der Waals surface area contributed by atoms with Crippen LogP contribution in [-0.4, -0.2) is 59.7 Å². The standard InChI is InChI=1S/C26H36F5NO4/c1-15-18(11-19(33)12-22(15)34)7-6-17-5-4-10-24(3)20(8-9-21(17)24)16(2)36-13-23(35)32-14-25(27,28)26(29,30)31/h6-7,16,19-22,33-34H,1,4-5,8-14H2,2-3H3,(H,32,35)/b17-6+,18-7-/t16-,19+,20?,21-,22-,24+/m0/s1. The molecule has 3 aliphatic carbocycles. The smallest absolute Gasteiger partial charge is 0.393 e. The van der Waals surface area contributed by atoms with Gasteiger partial charge in [-0.3, -0.25) is 4.79 Å². The van der Waals surface area contributed by atoms with Crippen LogP contribution in [0, 0.1) is 17.3 Å². The van der Waals surface area contributed by atoms with Gasteiger partial charge in [-0.15, -0.1) is 0 Å². The van der Waals surface area contributed by atoms with Gasteiger partial charge in [-0.25, -0.2) is 0 Å². The zero-order valence-corrected chi connectivity index (χ0v) is 20.7. The van der Waals surface area contributed by atoms with Gasteiger partial charge in [0.2, 0.25) is 5.91 Å². The second-order valence-electron chi connectivity index (χ2n) is 10.7. The first-order valence-electron chi connectivity index (χ1n) is 12.4. The van der Waals surface area contributed by atoms with Gasteiger partial charge in [0.15, 0.2) is 0 Å². The lowest BCUT2D eigenvalue weighted by atomic mass is 9.62. The number of amides is 1. The summed E-state index contributed by atoms with van der Waals surface area (Å²) < 4.78 is 68.5. The number of aliphatic hydroxyl groups excluding tert-OH is 2. The Balaban J connectivity index is 1.61. The third kappa shape index (κ3) is 6.19. The van der Waals surface area contributed by atoms with Crippen molar-refractivity contribution in [2.24, 2.45) is 17.3 Å². The molecule has 1 amide bonds. The molecule has 204 valence electrons. The molecule has 3 N–H and O–H groups in total. The lowest BCUT2D eigenvalue weighted by Crippen LogP contribution is -2.47. The van der Waals surface area contributed by atoms with Crippen molar-refractivity contribution in [1.29, 1.82) is 0 Å². The van der Waals surface area contributed by atoms with E-state index in [1.807, 2.05) is 13.0 Å². The Morgan fingerprint density at radius 2 is 1.94 bits per heavy atom. The SMILES string of the molecule is C=C1/C(=C\C=C2/CCC[C@]3(C)C([C@H](C)OCC(=O)NCC(F)(F)C(F)(F)F)CC[C@@H]23)C[C@@H](O)C[C@@H]1O. The second-order valence-corrected chi connectivity index (χ2v) is 10.7. The average Bonchev–Trinajstić information content (AvgIpc) is 3.14. The van der Waals surface area contributed by atoms with E-state index < -0.39 is 43.4 Å². The maximum Gasteiger partial charge on any atom is 0.455 e. The lowest BCUT2D eigenvalue weighted by molar-refractivity contribution is -0.278. The molecule has 0 aromatic carbocycles. The fourth-order valence-electron chi connectivity index (χ4n) is 6.20. The van der Waals surface area contributed by atoms with Gasteiger partial charge in [0.1, 0.15) is 6.61 Å². The molecule has 0 saturated heterocycles. The third-order valence-corrected chi connectivity index (χ3v) is 8.27. The number of nitrogens with one attached hydrogen (secondary N) is 1. The maximum absolute atomic E-state index is 13.0. The normalized spacial score (nSPS) is 34.6. The summed E-state index contributed by atoms with van der Waals surface area (Å²) in [5, 5.41) is 21.7. The molecule has 0 spiro atoms. The van der Waals surface area contributed by atoms with Crippen molar-refractivity contribution in [1.82, 2.24) is 5.32 Å². The summed E-state index contributed by atoms with van der Waals surface area (Å²) in [4.78, 5) is 11.9. The van der Waals surface area contributed by atoms with E-state index in [1.54, 1.807) is 5.32 Å². The Morgan fingerprint density at radius 1 is 1.25 bits per heavy atom. The van der Waals surface area contributed by atoms with Gasteiger partial charge >= 0.3 is 12.1 Å². The molecule has 0 aromatic heterocycles. The first-order valence-corrected chi connectivity index (χ1v) is 12.4. The van der Waals surface area contributed by atoms with E-state index in [0.717, 1.165) is 37.7 Å². The Labute approximate surface area is 208 Å². The van der Waals surface area contributed by atoms with Crippen molar-refractivity contribution >= 4 is 5.91 Å². The number of fused-ring (bicyclic) bond motifs is 1. The molecule has 0 radical (unpaired) electrons. The molecule has 0 aliphatic heterocycles. The van der Waals surface area contributed by atoms with Gasteiger partial charge in [0, 0.05) is 6.42 Å². The zero-order valence-electron chi connectivity index (χ0n) is 20.7. The van der Waals surface area contributed by atoms with Crippen LogP contribution in [0.2, 0.25) is 0 Å². The lowest BCUT2D eigenvalue weighted by Gasteiger charge is -2.44. The summed E-state index contributed by atoms with van der Waals surface area (Å²) >= 11 is 0. The minimum atomic E-state index is -5.73. The van der Waals surface area contributed by atoms with E-state index in [9.17, 15) is 37.0 Å². The van der Waals surface area contributed by atoms with Crippen LogP contribution >= 0.6 is 0 Å². The highest BCUT2D eigenvalue weighted by Crippen LogP contribution is 2.58. The molecule has 3 fully saturated rings. The molecular weight excluding hydrogens is 485 g/mol. The number of ether oxygens (including phenoxy) is 1. The highest BCUT2D eigenvalue weighted by atomic mass is 19.4. The van der Waals surface area contributed by atoms with Crippen LogP contribution in [0.4, 0.5) is 22.0 Å². The van der Waals surface area contributed by atoms with Crippen LogP contribution < -0.4 is 5.32 Å². The molecule has 36 heavy (non-hydrogen) atoms. The number of hydrogen-bond acceptors (Lipinski definition) is 4. The first kappa shape index (κ1) is 28.8. The highest BCUT2D eigenvalue weighted by Gasteiger charge is 2.57. The second kappa shape index (κ2) is 10.9. The summed E-state index contributed by atoms with van der Waals surface area (Å²) in [5.41, 5.74) is 2.65. The minimum absolute atomic E-state index is 0.0940. The molecule has 0 bridgehead atoms. The fraction of sp³-hybridized carbons (Fsp3) is 0.731. The fourth-order valence-corrected chi connectivity index (χ4v) is 6.20. The summed E-state index contributed by atoms with van der Waals surface area (Å²) in [6, 6.07) is 0. The van der Waals surface area contributed by atoms with Crippen molar-refractivity contribution in [2.45, 2.75) is 89.2 Å². The molecule has 1 unspecified atom stereocenters. The van der Waals surface area contributed by atoms with Crippen LogP contribution in [0.25, 0.3) is 0 Å². The van der Waals surface area contributed by atoms with E-state index in [-0.39, 0.29) is 29.8 Å². The number of aliphatic hydroxyl groups is 2. The summed E-state index contributed by atoms with van der Waals surface area (Å²) in [5.74, 6) is -5.64. The van der Waals surface area contributed by atoms with E-state index >= 15 is 0 Å². The van der Waals surface area contributed by atoms with Gasteiger partial charge in [-0.1, -0.05) is 31.2 Å². The van der Waals surface area contributed by atoms with E-state index in [2.05, 4.69) is 19.6 Å². The van der Waals surface area contributed by atoms with Crippen molar-refractivity contribution < 1.29 is 41.7 Å². The number of hydrogen-bond donors (Lipinski definition) is 3. The topological polar surface area (TPSA) is 78.8 Å². The number of alkyl halides is 5. The maximum atomic E-state index is 13.0. The molecular formula is C26H36F5NO4. The van der Waals surface area contributed by atoms with Crippen LogP contribution in [0.5, 0.6) is 0 Å². The van der Waals surface area contributed by atoms with Crippen LogP contribution in [0.15, 0.2) is 35.5 Å². The molecule has 3 rings (SSSR count). The van der Waals surface area contributed by atoms with E-state index in [1.165, 1.54) is 5.57 Å². The first-order chi connectivity index (χ1) is 16.7. The van der Waals surface area contributed by atoms with Crippen LogP contribution in [0.3, 0.4) is 0 Å². The largest absolute Gasteiger partial charge is 0.455 e. The Hall–Kier alpha value is -1.78. The molecule has 0 aromatic rings. The van der Waals surface area contributed by atoms with Crippen molar-refractivity contribution in [3.63, 3.8) is 0 Å². The van der Waals surface area contributed by atoms with Crippen molar-refractivity contribution in [3.8, 4) is 0 Å². The summed E-state index contributed by atoms with van der Waals surface area (Å²) in [6.07, 6.45) is 1.92. The van der Waals surface area contributed by atoms with Crippen LogP contribution in [-0.2, 0) is 9.53 Å². The molecule has 3 saturated carbocycles. The van der Waals surface area contributed by atoms with Gasteiger partial charge in [-0.05, 0) is 73.8 Å². The van der Waals surface area contributed by atoms with Crippen molar-refractivity contribution in [2.75, 3.05) is 13.2 Å². The molecule has 5 nitrogen and oxygen atoms in total. The quantitative estimate of drug-likeness (QED) is 0.419. The zero-order chi connectivity index (χ0) is 26.9. The Morgan fingerprint density at radius 3 is 2.61 bits per heavy atom. The van der Waals surface area contributed by atoms with E-state index in [0.29, 0.717) is 12.0 Å². The highest BCUT2D eigenvalue weighted by molar-refractivity contribution is 5.77.